The van der Waals surface area contributed by atoms with Crippen molar-refractivity contribution in [3.63, 3.8) is 0 Å². The number of amides is 1. The largest absolute Gasteiger partial charge is 0.368 e. The van der Waals surface area contributed by atoms with E-state index in [1.54, 1.807) is 6.07 Å². The summed E-state index contributed by atoms with van der Waals surface area (Å²) >= 11 is 0. The number of nitrogens with one attached hydrogen (secondary N) is 2. The van der Waals surface area contributed by atoms with Crippen molar-refractivity contribution in [1.82, 2.24) is 15.3 Å². The highest BCUT2D eigenvalue weighted by Crippen LogP contribution is 2.28. The topological polar surface area (TPSA) is 66.9 Å². The Balaban J connectivity index is 1.62. The van der Waals surface area contributed by atoms with Gasteiger partial charge in [0.15, 0.2) is 0 Å². The number of nitrogens with zero attached hydrogens (tertiary/aromatic N) is 2. The molecule has 5 nitrogen and oxygen atoms in total. The van der Waals surface area contributed by atoms with Crippen molar-refractivity contribution < 1.29 is 9.18 Å². The fraction of sp³-hybridized carbons (Fsp3) is 0.357. The number of aromatic nitrogens is 2. The third-order valence-corrected chi connectivity index (χ3v) is 3.26. The maximum absolute atomic E-state index is 13.3. The zero-order valence-electron chi connectivity index (χ0n) is 10.9. The summed E-state index contributed by atoms with van der Waals surface area (Å²) in [5.41, 5.74) is 0.686. The van der Waals surface area contributed by atoms with E-state index in [1.165, 1.54) is 18.5 Å². The van der Waals surface area contributed by atoms with Crippen LogP contribution in [-0.2, 0) is 4.79 Å². The van der Waals surface area contributed by atoms with E-state index in [0.717, 1.165) is 12.8 Å². The van der Waals surface area contributed by atoms with Crippen LogP contribution < -0.4 is 10.6 Å². The van der Waals surface area contributed by atoms with E-state index in [1.807, 2.05) is 0 Å². The summed E-state index contributed by atoms with van der Waals surface area (Å²) in [4.78, 5) is 19.7. The van der Waals surface area contributed by atoms with Crippen molar-refractivity contribution in [3.8, 4) is 0 Å². The van der Waals surface area contributed by atoms with Crippen LogP contribution in [0, 0.1) is 11.7 Å². The van der Waals surface area contributed by atoms with Gasteiger partial charge in [0.2, 0.25) is 5.91 Å². The minimum absolute atomic E-state index is 0.116. The molecule has 0 bridgehead atoms. The lowest BCUT2D eigenvalue weighted by Crippen LogP contribution is -2.29. The fourth-order valence-corrected chi connectivity index (χ4v) is 2.03. The van der Waals surface area contributed by atoms with Crippen molar-refractivity contribution in [2.24, 2.45) is 5.92 Å². The molecule has 0 spiro atoms. The van der Waals surface area contributed by atoms with E-state index < -0.39 is 0 Å². The lowest BCUT2D eigenvalue weighted by molar-refractivity contribution is -0.122. The number of hydrogen-bond acceptors (Lipinski definition) is 4. The fourth-order valence-electron chi connectivity index (χ4n) is 2.03. The highest BCUT2D eigenvalue weighted by molar-refractivity contribution is 5.88. The third-order valence-electron chi connectivity index (χ3n) is 3.26. The molecule has 104 valence electrons. The van der Waals surface area contributed by atoms with Gasteiger partial charge in [-0.1, -0.05) is 0 Å². The van der Waals surface area contributed by atoms with Crippen LogP contribution in [0.4, 0.5) is 10.2 Å². The number of benzene rings is 1. The first-order valence-electron chi connectivity index (χ1n) is 6.66. The molecule has 6 heteroatoms. The number of rotatable bonds is 5. The highest BCUT2D eigenvalue weighted by Gasteiger charge is 2.28. The average molecular weight is 274 g/mol. The number of anilines is 1. The Kier molecular flexibility index (Phi) is 3.45. The van der Waals surface area contributed by atoms with Gasteiger partial charge in [-0.05, 0) is 31.0 Å². The van der Waals surface area contributed by atoms with Crippen molar-refractivity contribution in [2.45, 2.75) is 12.8 Å². The van der Waals surface area contributed by atoms with Crippen LogP contribution in [0.5, 0.6) is 0 Å². The van der Waals surface area contributed by atoms with Crippen LogP contribution in [0.1, 0.15) is 12.8 Å². The first kappa shape index (κ1) is 12.8. The molecule has 0 saturated heterocycles. The Bertz CT molecular complexity index is 642. The zero-order chi connectivity index (χ0) is 13.9. The number of hydrogen-bond donors (Lipinski definition) is 2. The molecule has 2 aromatic rings. The summed E-state index contributed by atoms with van der Waals surface area (Å²) < 4.78 is 13.3. The Hall–Kier alpha value is -2.24. The van der Waals surface area contributed by atoms with Crippen molar-refractivity contribution in [2.75, 3.05) is 18.4 Å². The molecular formula is C14H15FN4O. The number of halogens is 1. The van der Waals surface area contributed by atoms with Crippen LogP contribution in [0.3, 0.4) is 0 Å². The number of carbonyl (C=O) groups excluding carboxylic acids is 1. The SMILES string of the molecule is O=C(NCCNc1ncnc2ccc(F)cc12)C1CC1. The predicted molar refractivity (Wildman–Crippen MR) is 73.7 cm³/mol. The second kappa shape index (κ2) is 5.40. The smallest absolute Gasteiger partial charge is 0.223 e. The lowest BCUT2D eigenvalue weighted by Gasteiger charge is -2.09. The van der Waals surface area contributed by atoms with Crippen LogP contribution in [-0.4, -0.2) is 29.0 Å². The maximum Gasteiger partial charge on any atom is 0.223 e. The summed E-state index contributed by atoms with van der Waals surface area (Å²) in [6.45, 7) is 1.07. The maximum atomic E-state index is 13.3. The predicted octanol–water partition coefficient (Wildman–Crippen LogP) is 1.71. The van der Waals surface area contributed by atoms with Gasteiger partial charge in [0.05, 0.1) is 5.52 Å². The standard InChI is InChI=1S/C14H15FN4O/c15-10-3-4-12-11(7-10)13(19-8-18-12)16-5-6-17-14(20)9-1-2-9/h3-4,7-9H,1-2,5-6H2,(H,17,20)(H,16,18,19). The summed E-state index contributed by atoms with van der Waals surface area (Å²) in [5.74, 6) is 0.585. The van der Waals surface area contributed by atoms with Crippen LogP contribution in [0.15, 0.2) is 24.5 Å². The van der Waals surface area contributed by atoms with Gasteiger partial charge in [-0.25, -0.2) is 14.4 Å². The van der Waals surface area contributed by atoms with Gasteiger partial charge < -0.3 is 10.6 Å². The molecule has 0 radical (unpaired) electrons. The Morgan fingerprint density at radius 2 is 2.15 bits per heavy atom. The van der Waals surface area contributed by atoms with Gasteiger partial charge in [0, 0.05) is 24.4 Å². The van der Waals surface area contributed by atoms with Gasteiger partial charge in [-0.15, -0.1) is 0 Å². The lowest BCUT2D eigenvalue weighted by atomic mass is 10.2. The van der Waals surface area contributed by atoms with E-state index in [-0.39, 0.29) is 17.6 Å². The van der Waals surface area contributed by atoms with Crippen LogP contribution >= 0.6 is 0 Å². The quantitative estimate of drug-likeness (QED) is 0.814. The molecule has 1 aliphatic carbocycles. The van der Waals surface area contributed by atoms with E-state index in [2.05, 4.69) is 20.6 Å². The molecule has 1 aliphatic rings. The Labute approximate surface area is 115 Å². The average Bonchev–Trinajstić information content (AvgIpc) is 3.28. The normalized spacial score (nSPS) is 14.2. The molecule has 1 amide bonds. The molecule has 20 heavy (non-hydrogen) atoms. The van der Waals surface area contributed by atoms with Gasteiger partial charge in [-0.3, -0.25) is 4.79 Å². The summed E-state index contributed by atoms with van der Waals surface area (Å²) in [5, 5.41) is 6.59. The van der Waals surface area contributed by atoms with Crippen molar-refractivity contribution >= 4 is 22.6 Å². The molecular weight excluding hydrogens is 259 g/mol. The monoisotopic (exact) mass is 274 g/mol. The molecule has 1 fully saturated rings. The van der Waals surface area contributed by atoms with E-state index in [0.29, 0.717) is 29.8 Å². The summed E-state index contributed by atoms with van der Waals surface area (Å²) in [6, 6.07) is 4.39. The molecule has 0 atom stereocenters. The van der Waals surface area contributed by atoms with E-state index >= 15 is 0 Å². The minimum Gasteiger partial charge on any atom is -0.368 e. The van der Waals surface area contributed by atoms with Crippen molar-refractivity contribution in [1.29, 1.82) is 0 Å². The van der Waals surface area contributed by atoms with Gasteiger partial charge in [0.25, 0.3) is 0 Å². The second-order valence-electron chi connectivity index (χ2n) is 4.88. The van der Waals surface area contributed by atoms with Crippen molar-refractivity contribution in [3.05, 3.63) is 30.3 Å². The third kappa shape index (κ3) is 2.84. The molecule has 2 N–H and O–H groups in total. The zero-order valence-corrected chi connectivity index (χ0v) is 10.9. The van der Waals surface area contributed by atoms with Gasteiger partial charge in [0.1, 0.15) is 18.0 Å². The number of fused-ring (bicyclic) bond motifs is 1. The molecule has 0 unspecified atom stereocenters. The van der Waals surface area contributed by atoms with Gasteiger partial charge in [-0.2, -0.15) is 0 Å². The van der Waals surface area contributed by atoms with Crippen LogP contribution in [0.25, 0.3) is 10.9 Å². The molecule has 1 saturated carbocycles. The Morgan fingerprint density at radius 1 is 1.30 bits per heavy atom. The van der Waals surface area contributed by atoms with E-state index in [9.17, 15) is 9.18 Å². The highest BCUT2D eigenvalue weighted by atomic mass is 19.1. The minimum atomic E-state index is -0.322. The summed E-state index contributed by atoms with van der Waals surface area (Å²) in [7, 11) is 0. The number of carbonyl (C=O) groups is 1. The molecule has 0 aliphatic heterocycles. The molecule has 1 aromatic heterocycles. The first-order valence-corrected chi connectivity index (χ1v) is 6.66. The first-order chi connectivity index (χ1) is 9.74. The van der Waals surface area contributed by atoms with E-state index in [4.69, 9.17) is 0 Å². The second-order valence-corrected chi connectivity index (χ2v) is 4.88. The van der Waals surface area contributed by atoms with Crippen LogP contribution in [0.2, 0.25) is 0 Å². The summed E-state index contributed by atoms with van der Waals surface area (Å²) in [6.07, 6.45) is 3.43. The van der Waals surface area contributed by atoms with Gasteiger partial charge >= 0.3 is 0 Å². The Morgan fingerprint density at radius 3 is 2.95 bits per heavy atom. The molecule has 3 rings (SSSR count). The molecule has 1 aromatic carbocycles. The molecule has 1 heterocycles.